The second-order valence-corrected chi connectivity index (χ2v) is 7.67. The Labute approximate surface area is 178 Å². The fourth-order valence-corrected chi connectivity index (χ4v) is 4.08. The van der Waals surface area contributed by atoms with Crippen molar-refractivity contribution in [1.82, 2.24) is 10.2 Å². The van der Waals surface area contributed by atoms with Gasteiger partial charge < -0.3 is 19.7 Å². The van der Waals surface area contributed by atoms with Gasteiger partial charge in [0.05, 0.1) is 0 Å². The molecule has 5 nitrogen and oxygen atoms in total. The summed E-state index contributed by atoms with van der Waals surface area (Å²) >= 11 is 0. The van der Waals surface area contributed by atoms with Crippen LogP contribution >= 0.6 is 12.4 Å². The summed E-state index contributed by atoms with van der Waals surface area (Å²) in [5.41, 5.74) is 1.13. The predicted molar refractivity (Wildman–Crippen MR) is 116 cm³/mol. The van der Waals surface area contributed by atoms with Crippen molar-refractivity contribution in [1.29, 1.82) is 0 Å². The zero-order chi connectivity index (χ0) is 19.2. The molecular weight excluding hydrogens is 388 g/mol. The first-order chi connectivity index (χ1) is 13.8. The summed E-state index contributed by atoms with van der Waals surface area (Å²) in [4.78, 5) is 14.5. The minimum atomic E-state index is 0. The van der Waals surface area contributed by atoms with Crippen LogP contribution in [-0.2, 0) is 11.4 Å². The number of fused-ring (bicyclic) bond motifs is 1. The highest BCUT2D eigenvalue weighted by atomic mass is 35.5. The highest BCUT2D eigenvalue weighted by molar-refractivity contribution is 5.85. The molecule has 2 aliphatic rings. The first-order valence-corrected chi connectivity index (χ1v) is 10.2. The predicted octanol–water partition coefficient (Wildman–Crippen LogP) is 3.52. The molecule has 2 saturated heterocycles. The molecule has 0 saturated carbocycles. The van der Waals surface area contributed by atoms with Gasteiger partial charge >= 0.3 is 0 Å². The van der Waals surface area contributed by atoms with Crippen LogP contribution in [0.15, 0.2) is 54.6 Å². The van der Waals surface area contributed by atoms with E-state index < -0.39 is 0 Å². The number of carbonyl (C=O) groups excluding carboxylic acids is 1. The van der Waals surface area contributed by atoms with Gasteiger partial charge in [0.15, 0.2) is 6.61 Å². The second-order valence-electron chi connectivity index (χ2n) is 7.67. The molecule has 2 aromatic rings. The largest absolute Gasteiger partial charge is 0.489 e. The van der Waals surface area contributed by atoms with Crippen molar-refractivity contribution in [3.05, 3.63) is 60.2 Å². The normalized spacial score (nSPS) is 20.9. The summed E-state index contributed by atoms with van der Waals surface area (Å²) in [6.45, 7) is 4.52. The molecule has 0 aliphatic carbocycles. The van der Waals surface area contributed by atoms with Gasteiger partial charge in [-0.05, 0) is 67.6 Å². The van der Waals surface area contributed by atoms with E-state index in [0.717, 1.165) is 62.2 Å². The smallest absolute Gasteiger partial charge is 0.260 e. The van der Waals surface area contributed by atoms with E-state index in [1.807, 2.05) is 59.5 Å². The van der Waals surface area contributed by atoms with E-state index in [1.165, 1.54) is 0 Å². The fourth-order valence-electron chi connectivity index (χ4n) is 4.08. The summed E-state index contributed by atoms with van der Waals surface area (Å²) in [6.07, 6.45) is 2.19. The standard InChI is InChI=1S/C23H28N2O3.ClH/c26-23(25-12-10-19-14-24-15-20(19)11-13-25)17-28-22-8-6-21(7-9-22)27-16-18-4-2-1-3-5-18;/h1-9,19-20,24H,10-17H2;1H/t19-,20+;. The molecule has 2 atom stereocenters. The molecular formula is C23H29ClN2O3. The van der Waals surface area contributed by atoms with Crippen molar-refractivity contribution in [2.45, 2.75) is 19.4 Å². The van der Waals surface area contributed by atoms with Crippen LogP contribution in [0.5, 0.6) is 11.5 Å². The maximum absolute atomic E-state index is 12.5. The molecule has 2 fully saturated rings. The quantitative estimate of drug-likeness (QED) is 0.782. The van der Waals surface area contributed by atoms with Crippen molar-refractivity contribution >= 4 is 18.3 Å². The highest BCUT2D eigenvalue weighted by Crippen LogP contribution is 2.27. The maximum atomic E-state index is 12.5. The Hall–Kier alpha value is -2.24. The van der Waals surface area contributed by atoms with Gasteiger partial charge in [-0.2, -0.15) is 0 Å². The van der Waals surface area contributed by atoms with Gasteiger partial charge in [0.2, 0.25) is 0 Å². The molecule has 6 heteroatoms. The molecule has 0 bridgehead atoms. The molecule has 0 aromatic heterocycles. The van der Waals surface area contributed by atoms with Crippen molar-refractivity contribution < 1.29 is 14.3 Å². The fraction of sp³-hybridized carbons (Fsp3) is 0.435. The number of nitrogens with one attached hydrogen (secondary N) is 1. The molecule has 0 unspecified atom stereocenters. The van der Waals surface area contributed by atoms with Crippen molar-refractivity contribution in [3.8, 4) is 11.5 Å². The number of nitrogens with zero attached hydrogens (tertiary/aromatic N) is 1. The Morgan fingerprint density at radius 1 is 0.897 bits per heavy atom. The number of amides is 1. The number of ether oxygens (including phenoxy) is 2. The first-order valence-electron chi connectivity index (χ1n) is 10.2. The Bertz CT molecular complexity index is 755. The van der Waals surface area contributed by atoms with Crippen LogP contribution in [0.2, 0.25) is 0 Å². The van der Waals surface area contributed by atoms with E-state index >= 15 is 0 Å². The minimum absolute atomic E-state index is 0. The lowest BCUT2D eigenvalue weighted by Gasteiger charge is -2.21. The third-order valence-corrected chi connectivity index (χ3v) is 5.81. The molecule has 2 aliphatic heterocycles. The highest BCUT2D eigenvalue weighted by Gasteiger charge is 2.31. The molecule has 0 radical (unpaired) electrons. The van der Waals surface area contributed by atoms with Crippen molar-refractivity contribution in [2.24, 2.45) is 11.8 Å². The average molecular weight is 417 g/mol. The lowest BCUT2D eigenvalue weighted by molar-refractivity contribution is -0.133. The van der Waals surface area contributed by atoms with Crippen LogP contribution in [-0.4, -0.2) is 43.6 Å². The summed E-state index contributed by atoms with van der Waals surface area (Å²) in [6, 6.07) is 17.5. The molecule has 2 heterocycles. The number of hydrogen-bond acceptors (Lipinski definition) is 4. The lowest BCUT2D eigenvalue weighted by atomic mass is 9.92. The Kier molecular flexibility index (Phi) is 7.78. The Morgan fingerprint density at radius 3 is 2.10 bits per heavy atom. The summed E-state index contributed by atoms with van der Waals surface area (Å²) in [5, 5.41) is 3.47. The number of carbonyl (C=O) groups is 1. The maximum Gasteiger partial charge on any atom is 0.260 e. The van der Waals surface area contributed by atoms with Gasteiger partial charge in [0.1, 0.15) is 18.1 Å². The molecule has 0 spiro atoms. The number of benzene rings is 2. The number of likely N-dealkylation sites (tertiary alicyclic amines) is 1. The Morgan fingerprint density at radius 2 is 1.48 bits per heavy atom. The topological polar surface area (TPSA) is 50.8 Å². The summed E-state index contributed by atoms with van der Waals surface area (Å²) in [5.74, 6) is 3.01. The van der Waals surface area contributed by atoms with Crippen molar-refractivity contribution in [3.63, 3.8) is 0 Å². The number of halogens is 1. The zero-order valence-electron chi connectivity index (χ0n) is 16.6. The van der Waals surface area contributed by atoms with E-state index in [9.17, 15) is 4.79 Å². The first kappa shape index (κ1) is 21.5. The molecule has 1 N–H and O–H groups in total. The van der Waals surface area contributed by atoms with Crippen LogP contribution in [0, 0.1) is 11.8 Å². The van der Waals surface area contributed by atoms with Gasteiger partial charge in [0, 0.05) is 13.1 Å². The second kappa shape index (κ2) is 10.5. The van der Waals surface area contributed by atoms with Crippen LogP contribution in [0.25, 0.3) is 0 Å². The molecule has 2 aromatic carbocycles. The van der Waals surface area contributed by atoms with Crippen LogP contribution in [0.3, 0.4) is 0 Å². The summed E-state index contributed by atoms with van der Waals surface area (Å²) in [7, 11) is 0. The van der Waals surface area contributed by atoms with E-state index in [2.05, 4.69) is 5.32 Å². The number of hydrogen-bond donors (Lipinski definition) is 1. The molecule has 1 amide bonds. The third kappa shape index (κ3) is 5.87. The SMILES string of the molecule is Cl.O=C(COc1ccc(OCc2ccccc2)cc1)N1CC[C@@H]2CNC[C@@H]2CC1. The van der Waals surface area contributed by atoms with E-state index in [4.69, 9.17) is 9.47 Å². The van der Waals surface area contributed by atoms with Crippen LogP contribution < -0.4 is 14.8 Å². The van der Waals surface area contributed by atoms with Gasteiger partial charge in [-0.3, -0.25) is 4.79 Å². The van der Waals surface area contributed by atoms with Crippen molar-refractivity contribution in [2.75, 3.05) is 32.8 Å². The lowest BCUT2D eigenvalue weighted by Crippen LogP contribution is -2.36. The summed E-state index contributed by atoms with van der Waals surface area (Å²) < 4.78 is 11.5. The molecule has 29 heavy (non-hydrogen) atoms. The third-order valence-electron chi connectivity index (χ3n) is 5.81. The van der Waals surface area contributed by atoms with Crippen LogP contribution in [0.1, 0.15) is 18.4 Å². The van der Waals surface area contributed by atoms with Gasteiger partial charge in [-0.15, -0.1) is 12.4 Å². The average Bonchev–Trinajstić information content (AvgIpc) is 3.10. The minimum Gasteiger partial charge on any atom is -0.489 e. The molecule has 156 valence electrons. The van der Waals surface area contributed by atoms with Gasteiger partial charge in [-0.25, -0.2) is 0 Å². The molecule has 4 rings (SSSR count). The van der Waals surface area contributed by atoms with Gasteiger partial charge in [-0.1, -0.05) is 30.3 Å². The zero-order valence-corrected chi connectivity index (χ0v) is 17.4. The van der Waals surface area contributed by atoms with E-state index in [1.54, 1.807) is 0 Å². The Balaban J connectivity index is 0.00000240. The van der Waals surface area contributed by atoms with E-state index in [0.29, 0.717) is 12.4 Å². The van der Waals surface area contributed by atoms with E-state index in [-0.39, 0.29) is 24.9 Å². The van der Waals surface area contributed by atoms with Crippen LogP contribution in [0.4, 0.5) is 0 Å². The van der Waals surface area contributed by atoms with Gasteiger partial charge in [0.25, 0.3) is 5.91 Å². The number of rotatable bonds is 6. The monoisotopic (exact) mass is 416 g/mol.